The van der Waals surface area contributed by atoms with Gasteiger partial charge in [0.05, 0.1) is 0 Å². The first kappa shape index (κ1) is 14.7. The van der Waals surface area contributed by atoms with E-state index in [2.05, 4.69) is 5.32 Å². The van der Waals surface area contributed by atoms with Gasteiger partial charge in [-0.1, -0.05) is 13.0 Å². The van der Waals surface area contributed by atoms with Crippen LogP contribution in [-0.2, 0) is 4.79 Å². The first-order valence-electron chi connectivity index (χ1n) is 6.63. The van der Waals surface area contributed by atoms with Crippen LogP contribution in [0.15, 0.2) is 18.2 Å². The highest BCUT2D eigenvalue weighted by Gasteiger charge is 2.50. The molecule has 1 saturated carbocycles. The molecule has 6 heteroatoms. The van der Waals surface area contributed by atoms with E-state index in [1.54, 1.807) is 0 Å². The molecule has 1 aromatic carbocycles. The van der Waals surface area contributed by atoms with E-state index in [-0.39, 0.29) is 18.3 Å². The summed E-state index contributed by atoms with van der Waals surface area (Å²) in [6.07, 6.45) is 1.73. The van der Waals surface area contributed by atoms with E-state index in [9.17, 15) is 13.6 Å². The Balaban J connectivity index is 2.16. The second-order valence-electron chi connectivity index (χ2n) is 4.98. The third-order valence-electron chi connectivity index (χ3n) is 3.58. The quantitative estimate of drug-likeness (QED) is 0.799. The minimum atomic E-state index is -1.06. The van der Waals surface area contributed by atoms with Gasteiger partial charge in [0.25, 0.3) is 0 Å². The van der Waals surface area contributed by atoms with Crippen molar-refractivity contribution in [2.45, 2.75) is 25.3 Å². The molecule has 3 N–H and O–H groups in total. The SMILES string of the molecule is CCNC(COc1cccc(F)c1F)(C(N)=O)C1CC1. The largest absolute Gasteiger partial charge is 0.488 e. The van der Waals surface area contributed by atoms with Crippen LogP contribution in [0.1, 0.15) is 19.8 Å². The molecular weight excluding hydrogens is 266 g/mol. The van der Waals surface area contributed by atoms with E-state index in [1.807, 2.05) is 6.92 Å². The topological polar surface area (TPSA) is 64.3 Å². The van der Waals surface area contributed by atoms with Crippen LogP contribution >= 0.6 is 0 Å². The minimum Gasteiger partial charge on any atom is -0.488 e. The molecular formula is C14H18F2N2O2. The Kier molecular flexibility index (Phi) is 4.23. The Hall–Kier alpha value is -1.69. The van der Waals surface area contributed by atoms with Gasteiger partial charge in [-0.2, -0.15) is 4.39 Å². The molecule has 0 aromatic heterocycles. The maximum Gasteiger partial charge on any atom is 0.241 e. The molecule has 1 atom stereocenters. The van der Waals surface area contributed by atoms with Gasteiger partial charge in [-0.25, -0.2) is 4.39 Å². The first-order chi connectivity index (χ1) is 9.51. The van der Waals surface area contributed by atoms with Crippen LogP contribution < -0.4 is 15.8 Å². The number of primary amides is 1. The molecule has 0 aliphatic heterocycles. The Morgan fingerprint density at radius 3 is 2.75 bits per heavy atom. The van der Waals surface area contributed by atoms with Crippen LogP contribution in [0.25, 0.3) is 0 Å². The molecule has 0 bridgehead atoms. The van der Waals surface area contributed by atoms with Gasteiger partial charge >= 0.3 is 0 Å². The zero-order chi connectivity index (χ0) is 14.8. The molecule has 0 spiro atoms. The molecule has 0 saturated heterocycles. The lowest BCUT2D eigenvalue weighted by Crippen LogP contribution is -2.61. The van der Waals surface area contributed by atoms with Crippen molar-refractivity contribution in [3.63, 3.8) is 0 Å². The van der Waals surface area contributed by atoms with Gasteiger partial charge in [0, 0.05) is 0 Å². The number of rotatable bonds is 7. The van der Waals surface area contributed by atoms with Crippen LogP contribution in [0.2, 0.25) is 0 Å². The molecule has 110 valence electrons. The number of hydrogen-bond donors (Lipinski definition) is 2. The Bertz CT molecular complexity index is 506. The monoisotopic (exact) mass is 284 g/mol. The van der Waals surface area contributed by atoms with Gasteiger partial charge < -0.3 is 15.8 Å². The summed E-state index contributed by atoms with van der Waals surface area (Å²) in [6, 6.07) is 3.68. The molecule has 0 radical (unpaired) electrons. The number of carbonyl (C=O) groups is 1. The van der Waals surface area contributed by atoms with Crippen molar-refractivity contribution in [3.05, 3.63) is 29.8 Å². The van der Waals surface area contributed by atoms with Gasteiger partial charge in [0.15, 0.2) is 11.6 Å². The fraction of sp³-hybridized carbons (Fsp3) is 0.500. The molecule has 1 amide bonds. The van der Waals surface area contributed by atoms with Gasteiger partial charge in [-0.15, -0.1) is 0 Å². The highest BCUT2D eigenvalue weighted by Crippen LogP contribution is 2.40. The van der Waals surface area contributed by atoms with Crippen LogP contribution in [0.5, 0.6) is 5.75 Å². The molecule has 4 nitrogen and oxygen atoms in total. The average molecular weight is 284 g/mol. The summed E-state index contributed by atoms with van der Waals surface area (Å²) in [5.41, 5.74) is 4.46. The van der Waals surface area contributed by atoms with Crippen molar-refractivity contribution in [2.24, 2.45) is 11.7 Å². The second kappa shape index (κ2) is 5.75. The minimum absolute atomic E-state index is 0.0802. The average Bonchev–Trinajstić information content (AvgIpc) is 3.23. The van der Waals surface area contributed by atoms with Gasteiger partial charge in [0.1, 0.15) is 12.1 Å². The third-order valence-corrected chi connectivity index (χ3v) is 3.58. The number of benzene rings is 1. The predicted molar refractivity (Wildman–Crippen MR) is 70.2 cm³/mol. The van der Waals surface area contributed by atoms with E-state index in [0.717, 1.165) is 18.9 Å². The smallest absolute Gasteiger partial charge is 0.241 e. The molecule has 1 fully saturated rings. The zero-order valence-electron chi connectivity index (χ0n) is 11.3. The summed E-state index contributed by atoms with van der Waals surface area (Å²) in [5, 5.41) is 3.05. The summed E-state index contributed by atoms with van der Waals surface area (Å²) in [6.45, 7) is 2.28. The van der Waals surface area contributed by atoms with Gasteiger partial charge in [0.2, 0.25) is 11.7 Å². The standard InChI is InChI=1S/C14H18F2N2O2/c1-2-18-14(13(17)19,9-6-7-9)8-20-11-5-3-4-10(15)12(11)16/h3-5,9,18H,2,6-8H2,1H3,(H2,17,19). The number of hydrogen-bond acceptors (Lipinski definition) is 3. The number of halogens is 2. The maximum atomic E-state index is 13.5. The number of amides is 1. The molecule has 1 aromatic rings. The van der Waals surface area contributed by atoms with Crippen LogP contribution in [0, 0.1) is 17.6 Å². The Morgan fingerprint density at radius 1 is 1.50 bits per heavy atom. The fourth-order valence-electron chi connectivity index (χ4n) is 2.35. The number of nitrogens with two attached hydrogens (primary N) is 1. The van der Waals surface area contributed by atoms with E-state index in [4.69, 9.17) is 10.5 Å². The van der Waals surface area contributed by atoms with Crippen molar-refractivity contribution in [1.29, 1.82) is 0 Å². The third kappa shape index (κ3) is 2.75. The normalized spacial score (nSPS) is 17.6. The fourth-order valence-corrected chi connectivity index (χ4v) is 2.35. The van der Waals surface area contributed by atoms with E-state index in [1.165, 1.54) is 12.1 Å². The Morgan fingerprint density at radius 2 is 2.20 bits per heavy atom. The van der Waals surface area contributed by atoms with Gasteiger partial charge in [-0.05, 0) is 37.4 Å². The van der Waals surface area contributed by atoms with Crippen molar-refractivity contribution >= 4 is 5.91 Å². The molecule has 2 rings (SSSR count). The lowest BCUT2D eigenvalue weighted by atomic mass is 9.93. The van der Waals surface area contributed by atoms with Crippen LogP contribution in [-0.4, -0.2) is 24.6 Å². The first-order valence-corrected chi connectivity index (χ1v) is 6.63. The lowest BCUT2D eigenvalue weighted by molar-refractivity contribution is -0.126. The van der Waals surface area contributed by atoms with Crippen molar-refractivity contribution in [2.75, 3.05) is 13.2 Å². The molecule has 20 heavy (non-hydrogen) atoms. The van der Waals surface area contributed by atoms with E-state index >= 15 is 0 Å². The lowest BCUT2D eigenvalue weighted by Gasteiger charge is -2.31. The highest BCUT2D eigenvalue weighted by molar-refractivity contribution is 5.85. The number of nitrogens with one attached hydrogen (secondary N) is 1. The highest BCUT2D eigenvalue weighted by atomic mass is 19.2. The van der Waals surface area contributed by atoms with Crippen molar-refractivity contribution < 1.29 is 18.3 Å². The molecule has 1 unspecified atom stereocenters. The molecule has 1 aliphatic rings. The van der Waals surface area contributed by atoms with E-state index in [0.29, 0.717) is 6.54 Å². The van der Waals surface area contributed by atoms with Gasteiger partial charge in [-0.3, -0.25) is 4.79 Å². The summed E-state index contributed by atoms with van der Waals surface area (Å²) in [7, 11) is 0. The van der Waals surface area contributed by atoms with Crippen LogP contribution in [0.3, 0.4) is 0 Å². The van der Waals surface area contributed by atoms with Crippen molar-refractivity contribution in [3.8, 4) is 5.75 Å². The molecule has 1 aliphatic carbocycles. The number of likely N-dealkylation sites (N-methyl/N-ethyl adjacent to an activating group) is 1. The summed E-state index contributed by atoms with van der Waals surface area (Å²) in [5.74, 6) is -2.70. The predicted octanol–water partition coefficient (Wildman–Crippen LogP) is 1.59. The number of ether oxygens (including phenoxy) is 1. The molecule has 0 heterocycles. The maximum absolute atomic E-state index is 13.5. The summed E-state index contributed by atoms with van der Waals surface area (Å²) in [4.78, 5) is 11.8. The number of carbonyl (C=O) groups excluding carboxylic acids is 1. The zero-order valence-corrected chi connectivity index (χ0v) is 11.3. The summed E-state index contributed by atoms with van der Waals surface area (Å²) < 4.78 is 32.0. The second-order valence-corrected chi connectivity index (χ2v) is 4.98. The van der Waals surface area contributed by atoms with Crippen molar-refractivity contribution in [1.82, 2.24) is 5.32 Å². The van der Waals surface area contributed by atoms with Crippen LogP contribution in [0.4, 0.5) is 8.78 Å². The van der Waals surface area contributed by atoms with E-state index < -0.39 is 23.1 Å². The Labute approximate surface area is 116 Å². The summed E-state index contributed by atoms with van der Waals surface area (Å²) >= 11 is 0.